The molecular formula is C17H25NO2. The summed E-state index contributed by atoms with van der Waals surface area (Å²) in [4.78, 5) is 0. The van der Waals surface area contributed by atoms with Crippen molar-refractivity contribution in [1.82, 2.24) is 5.32 Å². The van der Waals surface area contributed by atoms with Crippen LogP contribution in [0.4, 0.5) is 0 Å². The molecule has 1 aromatic carbocycles. The Morgan fingerprint density at radius 2 is 2.10 bits per heavy atom. The lowest BCUT2D eigenvalue weighted by atomic mass is 9.88. The zero-order valence-electron chi connectivity index (χ0n) is 12.5. The van der Waals surface area contributed by atoms with Crippen molar-refractivity contribution >= 4 is 0 Å². The van der Waals surface area contributed by atoms with E-state index < -0.39 is 0 Å². The lowest BCUT2D eigenvalue weighted by molar-refractivity contribution is -0.0530. The molecule has 1 aliphatic carbocycles. The Morgan fingerprint density at radius 1 is 1.30 bits per heavy atom. The molecule has 3 rings (SSSR count). The molecule has 1 fully saturated rings. The van der Waals surface area contributed by atoms with E-state index in [0.29, 0.717) is 18.2 Å². The number of benzene rings is 1. The van der Waals surface area contributed by atoms with E-state index in [9.17, 15) is 0 Å². The Balaban J connectivity index is 1.47. The van der Waals surface area contributed by atoms with E-state index in [4.69, 9.17) is 9.47 Å². The van der Waals surface area contributed by atoms with Crippen molar-refractivity contribution in [1.29, 1.82) is 0 Å². The predicted molar refractivity (Wildman–Crippen MR) is 79.9 cm³/mol. The number of ether oxygens (including phenoxy) is 2. The van der Waals surface area contributed by atoms with Crippen LogP contribution in [0.25, 0.3) is 0 Å². The third kappa shape index (κ3) is 3.22. The van der Waals surface area contributed by atoms with Gasteiger partial charge in [0.2, 0.25) is 0 Å². The molecule has 0 bridgehead atoms. The Kier molecular flexibility index (Phi) is 4.39. The summed E-state index contributed by atoms with van der Waals surface area (Å²) in [6.45, 7) is 5.96. The maximum atomic E-state index is 5.92. The van der Waals surface area contributed by atoms with E-state index in [1.165, 1.54) is 11.1 Å². The molecule has 1 heterocycles. The Labute approximate surface area is 121 Å². The summed E-state index contributed by atoms with van der Waals surface area (Å²) in [7, 11) is 0. The van der Waals surface area contributed by atoms with Gasteiger partial charge in [-0.05, 0) is 44.2 Å². The smallest absolute Gasteiger partial charge is 0.0952 e. The van der Waals surface area contributed by atoms with Gasteiger partial charge in [0, 0.05) is 12.6 Å². The largest absolute Gasteiger partial charge is 0.375 e. The van der Waals surface area contributed by atoms with Gasteiger partial charge in [-0.15, -0.1) is 0 Å². The van der Waals surface area contributed by atoms with Crippen LogP contribution < -0.4 is 5.32 Å². The van der Waals surface area contributed by atoms with Crippen LogP contribution in [-0.2, 0) is 15.9 Å². The lowest BCUT2D eigenvalue weighted by Gasteiger charge is -2.38. The van der Waals surface area contributed by atoms with Gasteiger partial charge in [-0.25, -0.2) is 0 Å². The first-order chi connectivity index (χ1) is 9.72. The van der Waals surface area contributed by atoms with Crippen LogP contribution in [0.3, 0.4) is 0 Å². The number of nitrogens with one attached hydrogen (secondary N) is 1. The van der Waals surface area contributed by atoms with Gasteiger partial charge in [0.15, 0.2) is 0 Å². The van der Waals surface area contributed by atoms with E-state index in [0.717, 1.165) is 32.4 Å². The minimum Gasteiger partial charge on any atom is -0.375 e. The van der Waals surface area contributed by atoms with Crippen molar-refractivity contribution < 1.29 is 9.47 Å². The first-order valence-corrected chi connectivity index (χ1v) is 7.80. The fourth-order valence-electron chi connectivity index (χ4n) is 3.15. The molecule has 3 heteroatoms. The second kappa shape index (κ2) is 6.25. The Bertz CT molecular complexity index is 440. The normalized spacial score (nSPS) is 29.1. The van der Waals surface area contributed by atoms with Gasteiger partial charge in [-0.1, -0.05) is 24.3 Å². The second-order valence-electron chi connectivity index (χ2n) is 6.19. The molecule has 1 aliphatic heterocycles. The molecule has 1 N–H and O–H groups in total. The van der Waals surface area contributed by atoms with Gasteiger partial charge >= 0.3 is 0 Å². The maximum absolute atomic E-state index is 5.92. The maximum Gasteiger partial charge on any atom is 0.0952 e. The number of hydrogen-bond acceptors (Lipinski definition) is 3. The second-order valence-corrected chi connectivity index (χ2v) is 6.19. The third-order valence-electron chi connectivity index (χ3n) is 4.24. The molecule has 0 aromatic heterocycles. The number of fused-ring (bicyclic) bond motifs is 1. The van der Waals surface area contributed by atoms with E-state index in [1.54, 1.807) is 0 Å². The molecular weight excluding hydrogens is 250 g/mol. The van der Waals surface area contributed by atoms with Crippen molar-refractivity contribution in [2.75, 3.05) is 13.2 Å². The van der Waals surface area contributed by atoms with Crippen LogP contribution in [0.15, 0.2) is 24.3 Å². The van der Waals surface area contributed by atoms with E-state index in [-0.39, 0.29) is 6.10 Å². The average molecular weight is 275 g/mol. The highest BCUT2D eigenvalue weighted by molar-refractivity contribution is 5.31. The molecule has 0 saturated heterocycles. The molecule has 1 atom stereocenters. The minimum absolute atomic E-state index is 0.213. The molecule has 20 heavy (non-hydrogen) atoms. The van der Waals surface area contributed by atoms with Crippen molar-refractivity contribution in [2.24, 2.45) is 0 Å². The summed E-state index contributed by atoms with van der Waals surface area (Å²) in [5, 5.41) is 3.63. The molecule has 1 aromatic rings. The molecule has 0 radical (unpaired) electrons. The summed E-state index contributed by atoms with van der Waals surface area (Å²) in [5.74, 6) is 0. The highest BCUT2D eigenvalue weighted by atomic mass is 16.5. The minimum atomic E-state index is 0.213. The monoisotopic (exact) mass is 275 g/mol. The van der Waals surface area contributed by atoms with Crippen molar-refractivity contribution in [2.45, 2.75) is 57.5 Å². The van der Waals surface area contributed by atoms with Gasteiger partial charge in [-0.3, -0.25) is 0 Å². The molecule has 1 saturated carbocycles. The van der Waals surface area contributed by atoms with Crippen LogP contribution in [0.5, 0.6) is 0 Å². The van der Waals surface area contributed by atoms with Gasteiger partial charge in [0.05, 0.1) is 24.9 Å². The highest BCUT2D eigenvalue weighted by Gasteiger charge is 2.31. The summed E-state index contributed by atoms with van der Waals surface area (Å²) >= 11 is 0. The van der Waals surface area contributed by atoms with Gasteiger partial charge in [-0.2, -0.15) is 0 Å². The van der Waals surface area contributed by atoms with Gasteiger partial charge in [0.1, 0.15) is 0 Å². The van der Waals surface area contributed by atoms with Crippen LogP contribution in [0.1, 0.15) is 43.9 Å². The molecule has 0 spiro atoms. The SMILES string of the molecule is CC(C)OC1CC(NCC2OCCc3ccccc32)C1. The first-order valence-electron chi connectivity index (χ1n) is 7.80. The summed E-state index contributed by atoms with van der Waals surface area (Å²) in [6, 6.07) is 9.24. The van der Waals surface area contributed by atoms with Gasteiger partial charge < -0.3 is 14.8 Å². The topological polar surface area (TPSA) is 30.5 Å². The average Bonchev–Trinajstić information content (AvgIpc) is 2.41. The standard InChI is InChI=1S/C17H25NO2/c1-12(2)20-15-9-14(10-15)18-11-17-16-6-4-3-5-13(16)7-8-19-17/h3-6,12,14-15,17-18H,7-11H2,1-2H3. The quantitative estimate of drug-likeness (QED) is 0.896. The fraction of sp³-hybridized carbons (Fsp3) is 0.647. The number of hydrogen-bond donors (Lipinski definition) is 1. The zero-order valence-corrected chi connectivity index (χ0v) is 12.5. The van der Waals surface area contributed by atoms with Crippen LogP contribution >= 0.6 is 0 Å². The highest BCUT2D eigenvalue weighted by Crippen LogP contribution is 2.28. The van der Waals surface area contributed by atoms with Crippen molar-refractivity contribution in [3.05, 3.63) is 35.4 Å². The van der Waals surface area contributed by atoms with Crippen LogP contribution in [0, 0.1) is 0 Å². The van der Waals surface area contributed by atoms with Crippen LogP contribution in [-0.4, -0.2) is 31.4 Å². The summed E-state index contributed by atoms with van der Waals surface area (Å²) in [6.07, 6.45) is 4.31. The van der Waals surface area contributed by atoms with Crippen LogP contribution in [0.2, 0.25) is 0 Å². The molecule has 2 aliphatic rings. The Hall–Kier alpha value is -0.900. The Morgan fingerprint density at radius 3 is 2.90 bits per heavy atom. The zero-order chi connectivity index (χ0) is 13.9. The third-order valence-corrected chi connectivity index (χ3v) is 4.24. The predicted octanol–water partition coefficient (Wildman–Crippen LogP) is 2.85. The lowest BCUT2D eigenvalue weighted by Crippen LogP contribution is -2.47. The molecule has 110 valence electrons. The van der Waals surface area contributed by atoms with Crippen molar-refractivity contribution in [3.63, 3.8) is 0 Å². The van der Waals surface area contributed by atoms with Gasteiger partial charge in [0.25, 0.3) is 0 Å². The molecule has 0 amide bonds. The van der Waals surface area contributed by atoms with Crippen molar-refractivity contribution in [3.8, 4) is 0 Å². The summed E-state index contributed by atoms with van der Waals surface area (Å²) < 4.78 is 11.7. The van der Waals surface area contributed by atoms with E-state index >= 15 is 0 Å². The van der Waals surface area contributed by atoms with E-state index in [2.05, 4.69) is 43.4 Å². The van der Waals surface area contributed by atoms with E-state index in [1.807, 2.05) is 0 Å². The fourth-order valence-corrected chi connectivity index (χ4v) is 3.15. The number of rotatable bonds is 5. The molecule has 3 nitrogen and oxygen atoms in total. The first kappa shape index (κ1) is 14.1. The summed E-state index contributed by atoms with van der Waals surface area (Å²) in [5.41, 5.74) is 2.81. The molecule has 1 unspecified atom stereocenters.